The smallest absolute Gasteiger partial charge is 0.308 e. The zero-order valence-corrected chi connectivity index (χ0v) is 86.6. The molecule has 0 unspecified atom stereocenters. The second kappa shape index (κ2) is 51.2. The third-order valence-electron chi connectivity index (χ3n) is 23.5. The van der Waals surface area contributed by atoms with E-state index in [1.807, 2.05) is 128 Å². The number of ether oxygens (including phenoxy) is 2. The van der Waals surface area contributed by atoms with E-state index in [4.69, 9.17) is 63.8 Å². The monoisotopic (exact) mass is 2090 g/mol. The number of sulfonamides is 4. The summed E-state index contributed by atoms with van der Waals surface area (Å²) >= 11 is 11.4. The molecule has 30 heteroatoms. The van der Waals surface area contributed by atoms with Gasteiger partial charge in [0.1, 0.15) is 23.0 Å². The third kappa shape index (κ3) is 31.0. The predicted molar refractivity (Wildman–Crippen MR) is 593 cm³/mol. The van der Waals surface area contributed by atoms with Gasteiger partial charge < -0.3 is 24.8 Å². The van der Waals surface area contributed by atoms with Gasteiger partial charge in [0.05, 0.1) is 118 Å². The zero-order valence-electron chi connectivity index (χ0n) is 81.7. The van der Waals surface area contributed by atoms with Gasteiger partial charge >= 0.3 is 5.97 Å². The van der Waals surface area contributed by atoms with Crippen LogP contribution in [0, 0.1) is 6.92 Å². The van der Waals surface area contributed by atoms with Crippen LogP contribution >= 0.6 is 24.4 Å². The Hall–Kier alpha value is -16.2. The maximum atomic E-state index is 14.1. The molecule has 0 saturated heterocycles. The summed E-state index contributed by atoms with van der Waals surface area (Å²) in [5, 5.41) is 28.5. The Kier molecular flexibility index (Phi) is 36.8. The molecule has 4 heterocycles. The van der Waals surface area contributed by atoms with Gasteiger partial charge in [0.15, 0.2) is 11.6 Å². The van der Waals surface area contributed by atoms with Gasteiger partial charge in [0.25, 0.3) is 40.1 Å². The van der Waals surface area contributed by atoms with Crippen molar-refractivity contribution in [2.45, 2.75) is 94.8 Å². The first-order chi connectivity index (χ1) is 72.0. The van der Waals surface area contributed by atoms with E-state index < -0.39 is 69.1 Å². The first kappa shape index (κ1) is 107. The third-order valence-corrected chi connectivity index (χ3v) is 32.3. The minimum atomic E-state index is -4.52. The molecule has 24 nitrogen and oxygen atoms in total. The van der Waals surface area contributed by atoms with E-state index in [2.05, 4.69) is 89.7 Å². The van der Waals surface area contributed by atoms with Crippen LogP contribution in [0.5, 0.6) is 23.0 Å². The highest BCUT2D eigenvalue weighted by molar-refractivity contribution is 8.10. The SMILES string of the molecule is CC(=O)Oc1ccc(-c2cnc(N(S(=O)(=O)Cc3ccccc3)S(=O)(=O)Cc3ccccc3)c(Cc3ccccc3)n2)cc1.COc1ccc(CC(=S)Cc2ncc(-c3ccc(C)cc3)nc2Cc2ccccc2)cc1.O=S(=O)(Cc1ccccc1)N(c1ncc(-c2ccc(CO)cc2)nc1Cc1ccccc1)S(=O)(=O)Cc1ccccc1.Oc1ccc(CC(=S)Cc2ncc(-c3ccc(O)cc3)nc2Cc2ccccc2)cc1. The second-order valence-electron chi connectivity index (χ2n) is 35.0. The minimum Gasteiger partial charge on any atom is -0.508 e. The Morgan fingerprint density at radius 1 is 0.289 bits per heavy atom. The largest absolute Gasteiger partial charge is 0.508 e. The first-order valence-corrected chi connectivity index (χ1v) is 54.8. The van der Waals surface area contributed by atoms with Gasteiger partial charge in [-0.15, -0.1) is 7.42 Å². The molecule has 3 N–H and O–H groups in total. The van der Waals surface area contributed by atoms with Crippen molar-refractivity contribution in [2.75, 3.05) is 14.5 Å². The Labute approximate surface area is 879 Å². The highest BCUT2D eigenvalue weighted by Gasteiger charge is 2.40. The average Bonchev–Trinajstić information content (AvgIpc) is 0.756. The zero-order chi connectivity index (χ0) is 105. The lowest BCUT2D eigenvalue weighted by atomic mass is 10.0. The Morgan fingerprint density at radius 3 is 0.839 bits per heavy atom. The minimum absolute atomic E-state index is 0.112. The van der Waals surface area contributed by atoms with Crippen LogP contribution in [0.2, 0.25) is 0 Å². The van der Waals surface area contributed by atoms with Crippen molar-refractivity contribution in [3.05, 3.63) is 514 Å². The number of esters is 1. The van der Waals surface area contributed by atoms with Crippen LogP contribution in [0.25, 0.3) is 45.0 Å². The van der Waals surface area contributed by atoms with E-state index in [1.54, 1.807) is 207 Å². The van der Waals surface area contributed by atoms with Crippen LogP contribution in [0.1, 0.15) is 108 Å². The lowest BCUT2D eigenvalue weighted by Crippen LogP contribution is -2.40. The molecule has 0 fully saturated rings. The highest BCUT2D eigenvalue weighted by atomic mass is 32.3. The quantitative estimate of drug-likeness (QED) is 0.0185. The molecule has 18 aromatic rings. The standard InChI is InChI=1S/C33H29N3O6S2.C32H29N3O5S2.C28H26N2OS.C26H22N2O2S/c1-25(37)42-30-19-17-29(18-20-30)32-22-34-33(31(35-32)21-26-11-5-2-6-12-26)36(43(38,39)23-27-13-7-3-8-14-27)44(40,41)24-28-15-9-4-10-16-28;36-22-26-16-18-29(19-17-26)31-21-33-32(30(34-31)20-25-10-4-1-5-11-25)35(41(37,38)23-27-12-6-2-7-13-27)42(39,40)24-28-14-8-3-9-15-28;1-20-8-12-23(13-9-20)28-19-29-26(27(30-28)17-21-6-4-3-5-7-21)18-25(32)16-22-10-14-24(31-2)15-11-22;29-21-10-6-19(7-11-21)14-23(31)16-24-25(15-18-4-2-1-3-5-18)28-26(17-27-24)20-8-12-22(30)13-9-20/h2-20,22H,21,23-24H2,1H3;1-19,21,36H,20,22-24H2;3-15,19H,16-18H2,1-2H3;1-13,17,29-30H,14-16H2. The molecule has 149 heavy (non-hydrogen) atoms. The number of carbonyl (C=O) groups excluding carboxylic acids is 1. The number of aryl methyl sites for hydroxylation is 1. The molecule has 18 rings (SSSR count). The number of aliphatic hydroxyl groups excluding tert-OH is 1. The Morgan fingerprint density at radius 2 is 0.537 bits per heavy atom. The van der Waals surface area contributed by atoms with Gasteiger partial charge in [-0.25, -0.2) is 63.6 Å². The molecule has 0 aliphatic carbocycles. The summed E-state index contributed by atoms with van der Waals surface area (Å²) in [6.45, 7) is 3.28. The van der Waals surface area contributed by atoms with Gasteiger partial charge in [0, 0.05) is 90.3 Å². The van der Waals surface area contributed by atoms with E-state index in [-0.39, 0.29) is 54.0 Å². The predicted octanol–water partition coefficient (Wildman–Crippen LogP) is 22.1. The number of thiocarbonyl (C=S) groups is 2. The number of aromatic nitrogens is 8. The summed E-state index contributed by atoms with van der Waals surface area (Å²) in [6, 6.07) is 117. The van der Waals surface area contributed by atoms with E-state index >= 15 is 0 Å². The van der Waals surface area contributed by atoms with Gasteiger partial charge in [-0.1, -0.05) is 345 Å². The van der Waals surface area contributed by atoms with Crippen molar-refractivity contribution in [1.82, 2.24) is 39.9 Å². The molecule has 0 spiro atoms. The van der Waals surface area contributed by atoms with E-state index in [1.165, 1.54) is 36.0 Å². The normalized spacial score (nSPS) is 11.2. The summed E-state index contributed by atoms with van der Waals surface area (Å²) < 4.78 is 124. The fourth-order valence-corrected chi connectivity index (χ4v) is 24.7. The molecule has 0 radical (unpaired) electrons. The van der Waals surface area contributed by atoms with Gasteiger partial charge in [-0.2, -0.15) is 0 Å². The number of hydrogen-bond acceptors (Lipinski definition) is 24. The first-order valence-electron chi connectivity index (χ1n) is 47.6. The number of anilines is 2. The van der Waals surface area contributed by atoms with Crippen molar-refractivity contribution in [3.63, 3.8) is 0 Å². The lowest BCUT2D eigenvalue weighted by molar-refractivity contribution is -0.131. The lowest BCUT2D eigenvalue weighted by Gasteiger charge is -2.25. The van der Waals surface area contributed by atoms with E-state index in [0.29, 0.717) is 83.6 Å². The molecule has 0 bridgehead atoms. The number of phenols is 2. The number of aliphatic hydroxyl groups is 1. The Bertz CT molecular complexity index is 7910. The molecule has 0 atom stereocenters. The van der Waals surface area contributed by atoms with E-state index in [0.717, 1.165) is 101 Å². The van der Waals surface area contributed by atoms with Crippen molar-refractivity contribution in [3.8, 4) is 68.0 Å². The summed E-state index contributed by atoms with van der Waals surface area (Å²) in [7, 11) is -16.4. The van der Waals surface area contributed by atoms with Crippen molar-refractivity contribution >= 4 is 91.9 Å². The number of carbonyl (C=O) groups is 1. The topological polar surface area (TPSA) is 342 Å². The number of rotatable bonds is 37. The highest BCUT2D eigenvalue weighted by Crippen LogP contribution is 2.36. The van der Waals surface area contributed by atoms with Crippen LogP contribution < -0.4 is 16.9 Å². The molecular weight excluding hydrogens is 1990 g/mol. The maximum absolute atomic E-state index is 14.1. The summed E-state index contributed by atoms with van der Waals surface area (Å²) in [5.41, 5.74) is 19.7. The summed E-state index contributed by atoms with van der Waals surface area (Å²) in [5.74, 6) is -1.56. The number of phenolic OH excluding ortho intramolecular Hbond substituents is 2. The van der Waals surface area contributed by atoms with Crippen molar-refractivity contribution < 1.29 is 63.3 Å². The second-order valence-corrected chi connectivity index (χ2v) is 43.9. The number of methoxy groups -OCH3 is 1. The van der Waals surface area contributed by atoms with Gasteiger partial charge in [-0.3, -0.25) is 14.8 Å². The number of hydrogen-bond donors (Lipinski definition) is 3. The van der Waals surface area contributed by atoms with Crippen molar-refractivity contribution in [2.24, 2.45) is 0 Å². The fourth-order valence-electron chi connectivity index (χ4n) is 16.1. The molecule has 4 aromatic heterocycles. The summed E-state index contributed by atoms with van der Waals surface area (Å²) in [6.07, 6.45) is 10.5. The molecule has 0 aliphatic heterocycles. The Balaban J connectivity index is 0.000000150. The molecule has 0 amide bonds. The van der Waals surface area contributed by atoms with Crippen LogP contribution in [-0.2, 0) is 126 Å². The van der Waals surface area contributed by atoms with Crippen molar-refractivity contribution in [1.29, 1.82) is 0 Å². The van der Waals surface area contributed by atoms with Crippen LogP contribution in [0.15, 0.2) is 413 Å². The van der Waals surface area contributed by atoms with Gasteiger partial charge in [0.2, 0.25) is 0 Å². The molecule has 0 saturated carbocycles. The van der Waals surface area contributed by atoms with E-state index in [9.17, 15) is 53.8 Å². The van der Waals surface area contributed by atoms with Crippen LogP contribution in [0.3, 0.4) is 0 Å². The van der Waals surface area contributed by atoms with Crippen LogP contribution in [0.4, 0.5) is 11.6 Å². The summed E-state index contributed by atoms with van der Waals surface area (Å²) in [4.78, 5) is 51.0. The molecule has 752 valence electrons. The number of benzene rings is 14. The van der Waals surface area contributed by atoms with Gasteiger partial charge in [-0.05, 0) is 141 Å². The fraction of sp³-hybridized carbons (Fsp3) is 0.134. The molecular formula is C119H106N10O14S6. The number of nitrogens with zero attached hydrogens (tertiary/aromatic N) is 10. The molecule has 14 aromatic carbocycles. The average molecular weight is 2090 g/mol. The maximum Gasteiger partial charge on any atom is 0.308 e. The number of aromatic hydroxyl groups is 2. The molecule has 0 aliphatic rings. The van der Waals surface area contributed by atoms with Crippen LogP contribution in [-0.4, -0.2) is 112 Å².